The highest BCUT2D eigenvalue weighted by molar-refractivity contribution is 6.03. The molecule has 328 valence electrons. The van der Waals surface area contributed by atoms with Crippen molar-refractivity contribution in [2.45, 2.75) is 89.5 Å². The van der Waals surface area contributed by atoms with Gasteiger partial charge in [-0.15, -0.1) is 13.2 Å². The van der Waals surface area contributed by atoms with Crippen LogP contribution in [-0.2, 0) is 20.9 Å². The normalized spacial score (nSPS) is 23.1. The van der Waals surface area contributed by atoms with Crippen molar-refractivity contribution < 1.29 is 38.8 Å². The molecule has 1 saturated carbocycles. The molecule has 2 N–H and O–H groups in total. The fourth-order valence-corrected chi connectivity index (χ4v) is 9.96. The van der Waals surface area contributed by atoms with E-state index >= 15 is 0 Å². The van der Waals surface area contributed by atoms with Crippen LogP contribution in [0.25, 0.3) is 10.8 Å². The molecule has 1 heterocycles. The summed E-state index contributed by atoms with van der Waals surface area (Å²) in [5.74, 6) is 0.117. The number of allylic oxidation sites excluding steroid dienone is 1. The largest absolute Gasteiger partial charge is 0.459 e. The molecule has 0 saturated heterocycles. The zero-order chi connectivity index (χ0) is 43.6. The van der Waals surface area contributed by atoms with Crippen LogP contribution in [0.5, 0.6) is 17.2 Å². The monoisotopic (exact) mass is 842 g/mol. The van der Waals surface area contributed by atoms with Gasteiger partial charge < -0.3 is 34.0 Å². The molecule has 1 fully saturated rings. The molecule has 10 nitrogen and oxygen atoms in total. The van der Waals surface area contributed by atoms with Crippen LogP contribution in [0.3, 0.4) is 0 Å². The van der Waals surface area contributed by atoms with Gasteiger partial charge in [-0.1, -0.05) is 84.8 Å². The molecule has 62 heavy (non-hydrogen) atoms. The van der Waals surface area contributed by atoms with Crippen LogP contribution in [0.4, 0.5) is 4.79 Å². The summed E-state index contributed by atoms with van der Waals surface area (Å²) in [4.78, 5) is 22.2. The Kier molecular flexibility index (Phi) is 14.9. The number of benzene rings is 4. The lowest BCUT2D eigenvalue weighted by Crippen LogP contribution is -2.70. The standard InChI is InChI=1S/C52H62N2O8/c1-6-8-29-59-51(57)54(34-39-19-15-18-37-16-9-10-20-42(37)39)48-33-46(53-58-5)44-31-38(17-11-13-26-55)43(21-12-14-27-56)49-45-32-41(61-40-23-22-35(3)36(4)30-40)24-25-47(45)62-52(48,50(44)49)60-28-7-2/h6-7,9-10,15-16,18-20,22-25,30-32,38,43,48-50,55-56H,1-2,8,11-14,17,21,26-29,33-34H2,3-5H3/t38-,43+,48-,49+,50+,52+/m0/s1. The minimum Gasteiger partial charge on any atom is -0.459 e. The van der Waals surface area contributed by atoms with Crippen LogP contribution in [0.2, 0.25) is 0 Å². The van der Waals surface area contributed by atoms with Crippen molar-refractivity contribution in [2.24, 2.45) is 22.9 Å². The van der Waals surface area contributed by atoms with Gasteiger partial charge in [0.2, 0.25) is 5.79 Å². The summed E-state index contributed by atoms with van der Waals surface area (Å²) in [5.41, 5.74) is 5.92. The van der Waals surface area contributed by atoms with Crippen LogP contribution in [0.15, 0.2) is 121 Å². The number of unbranched alkanes of at least 4 members (excludes halogenated alkanes) is 2. The fraction of sp³-hybridized carbons (Fsp3) is 0.423. The number of oxime groups is 1. The van der Waals surface area contributed by atoms with Crippen LogP contribution in [-0.4, -0.2) is 72.3 Å². The molecule has 4 aromatic carbocycles. The van der Waals surface area contributed by atoms with Crippen LogP contribution < -0.4 is 9.47 Å². The van der Waals surface area contributed by atoms with Gasteiger partial charge in [-0.3, -0.25) is 4.90 Å². The first-order valence-corrected chi connectivity index (χ1v) is 22.1. The number of aliphatic hydroxyl groups excluding tert-OH is 2. The number of ether oxygens (including phenoxy) is 4. The van der Waals surface area contributed by atoms with Gasteiger partial charge in [-0.2, -0.15) is 0 Å². The predicted molar refractivity (Wildman–Crippen MR) is 244 cm³/mol. The van der Waals surface area contributed by atoms with Gasteiger partial charge in [-0.25, -0.2) is 4.79 Å². The number of carbonyl (C=O) groups is 1. The highest BCUT2D eigenvalue weighted by atomic mass is 16.7. The first kappa shape index (κ1) is 44.6. The molecule has 0 unspecified atom stereocenters. The van der Waals surface area contributed by atoms with E-state index in [-0.39, 0.29) is 57.1 Å². The maximum absolute atomic E-state index is 14.8. The summed E-state index contributed by atoms with van der Waals surface area (Å²) in [6.45, 7) is 12.8. The molecular formula is C52H62N2O8. The third kappa shape index (κ3) is 9.33. The van der Waals surface area contributed by atoms with Crippen LogP contribution >= 0.6 is 0 Å². The Morgan fingerprint density at radius 2 is 1.68 bits per heavy atom. The molecule has 0 bridgehead atoms. The van der Waals surface area contributed by atoms with E-state index in [1.54, 1.807) is 24.2 Å². The zero-order valence-electron chi connectivity index (χ0n) is 36.5. The Hall–Kier alpha value is -5.42. The molecule has 1 aliphatic heterocycles. The van der Waals surface area contributed by atoms with E-state index in [0.717, 1.165) is 64.5 Å². The van der Waals surface area contributed by atoms with E-state index in [9.17, 15) is 15.0 Å². The Balaban J connectivity index is 1.45. The molecule has 1 amide bonds. The number of aliphatic hydroxyl groups is 2. The van der Waals surface area contributed by atoms with Gasteiger partial charge in [0.05, 0.1) is 31.4 Å². The van der Waals surface area contributed by atoms with E-state index < -0.39 is 23.8 Å². The molecule has 4 aromatic rings. The van der Waals surface area contributed by atoms with Crippen LogP contribution in [0.1, 0.15) is 79.5 Å². The second-order valence-electron chi connectivity index (χ2n) is 16.8. The number of aryl methyl sites for hydroxylation is 2. The maximum Gasteiger partial charge on any atom is 0.410 e. The molecule has 0 radical (unpaired) electrons. The number of amides is 1. The summed E-state index contributed by atoms with van der Waals surface area (Å²) in [6, 6.07) is 25.7. The van der Waals surface area contributed by atoms with Gasteiger partial charge in [0.15, 0.2) is 0 Å². The average molecular weight is 843 g/mol. The highest BCUT2D eigenvalue weighted by Gasteiger charge is 2.65. The summed E-state index contributed by atoms with van der Waals surface area (Å²) in [7, 11) is 1.55. The summed E-state index contributed by atoms with van der Waals surface area (Å²) < 4.78 is 27.2. The van der Waals surface area contributed by atoms with E-state index in [2.05, 4.69) is 63.4 Å². The number of carbonyl (C=O) groups excluding carboxylic acids is 1. The maximum atomic E-state index is 14.8. The van der Waals surface area contributed by atoms with E-state index in [1.165, 1.54) is 5.56 Å². The molecule has 7 rings (SSSR count). The lowest BCUT2D eigenvalue weighted by molar-refractivity contribution is -0.256. The third-order valence-electron chi connectivity index (χ3n) is 12.9. The average Bonchev–Trinajstić information content (AvgIpc) is 3.28. The molecule has 10 heteroatoms. The fourth-order valence-electron chi connectivity index (χ4n) is 9.96. The van der Waals surface area contributed by atoms with E-state index in [4.69, 9.17) is 28.9 Å². The molecule has 0 spiro atoms. The predicted octanol–water partition coefficient (Wildman–Crippen LogP) is 10.7. The molecule has 2 aliphatic carbocycles. The number of hydrogen-bond acceptors (Lipinski definition) is 9. The Labute approximate surface area is 366 Å². The lowest BCUT2D eigenvalue weighted by atomic mass is 9.55. The molecule has 6 atom stereocenters. The number of fused-ring (bicyclic) bond motifs is 3. The van der Waals surface area contributed by atoms with Gasteiger partial charge in [0.25, 0.3) is 0 Å². The zero-order valence-corrected chi connectivity index (χ0v) is 36.5. The topological polar surface area (TPSA) is 119 Å². The number of nitrogens with zero attached hydrogens (tertiary/aromatic N) is 2. The number of rotatable bonds is 20. The molecule has 3 aliphatic rings. The second-order valence-corrected chi connectivity index (χ2v) is 16.8. The van der Waals surface area contributed by atoms with Gasteiger partial charge in [0.1, 0.15) is 30.4 Å². The quantitative estimate of drug-likeness (QED) is 0.0513. The van der Waals surface area contributed by atoms with Crippen molar-refractivity contribution >= 4 is 22.6 Å². The first-order chi connectivity index (χ1) is 30.3. The Bertz CT molecular complexity index is 2260. The van der Waals surface area contributed by atoms with Crippen molar-refractivity contribution in [1.29, 1.82) is 0 Å². The summed E-state index contributed by atoms with van der Waals surface area (Å²) in [5, 5.41) is 26.7. The van der Waals surface area contributed by atoms with Crippen LogP contribution in [0, 0.1) is 31.6 Å². The summed E-state index contributed by atoms with van der Waals surface area (Å²) in [6.07, 6.45) is 10.7. The SMILES string of the molecule is C=CCCOC(=O)N(Cc1cccc2ccccc12)[C@H]1CC(=NOC)C2=C[C@H](CCCCO)[C@@H](CCCCO)[C@@H]3c4cc(Oc5ccc(C)c(C)c5)ccc4O[C@@]1(OCC=C)[C@H]23. The van der Waals surface area contributed by atoms with Gasteiger partial charge >= 0.3 is 6.09 Å². The summed E-state index contributed by atoms with van der Waals surface area (Å²) >= 11 is 0. The van der Waals surface area contributed by atoms with Gasteiger partial charge in [0, 0.05) is 31.1 Å². The lowest BCUT2D eigenvalue weighted by Gasteiger charge is -2.59. The highest BCUT2D eigenvalue weighted by Crippen LogP contribution is 2.62. The van der Waals surface area contributed by atoms with Crippen molar-refractivity contribution in [3.8, 4) is 17.2 Å². The second kappa shape index (κ2) is 20.6. The third-order valence-corrected chi connectivity index (χ3v) is 12.9. The molecular weight excluding hydrogens is 781 g/mol. The van der Waals surface area contributed by atoms with Crippen molar-refractivity contribution in [1.82, 2.24) is 4.90 Å². The minimum absolute atomic E-state index is 0.0637. The Morgan fingerprint density at radius 3 is 2.44 bits per heavy atom. The first-order valence-electron chi connectivity index (χ1n) is 22.1. The van der Waals surface area contributed by atoms with Crippen molar-refractivity contribution in [2.75, 3.05) is 33.5 Å². The molecule has 0 aromatic heterocycles. The van der Waals surface area contributed by atoms with Crippen molar-refractivity contribution in [3.05, 3.63) is 138 Å². The smallest absolute Gasteiger partial charge is 0.410 e. The minimum atomic E-state index is -1.44. The number of hydrogen-bond donors (Lipinski definition) is 2. The van der Waals surface area contributed by atoms with Gasteiger partial charge in [-0.05, 0) is 121 Å². The Morgan fingerprint density at radius 1 is 0.919 bits per heavy atom. The van der Waals surface area contributed by atoms with E-state index in [1.807, 2.05) is 48.5 Å². The van der Waals surface area contributed by atoms with E-state index in [0.29, 0.717) is 36.5 Å². The van der Waals surface area contributed by atoms with Crippen molar-refractivity contribution in [3.63, 3.8) is 0 Å².